The predicted molar refractivity (Wildman–Crippen MR) is 50.6 cm³/mol. The molecule has 3 aliphatic carbocycles. The molecule has 0 saturated heterocycles. The largest absolute Gasteiger partial charge is 0.0848 e. The summed E-state index contributed by atoms with van der Waals surface area (Å²) in [5, 5.41) is 0. The fraction of sp³-hybridized carbons (Fsp3) is 0.667. The highest BCUT2D eigenvalue weighted by atomic mass is 14.6. The second-order valence-electron chi connectivity index (χ2n) is 5.23. The Hall–Kier alpha value is -0.520. The molecule has 0 nitrogen and oxygen atoms in total. The maximum Gasteiger partial charge on any atom is -0.0128 e. The van der Waals surface area contributed by atoms with Gasteiger partial charge in [0.2, 0.25) is 0 Å². The van der Waals surface area contributed by atoms with Gasteiger partial charge in [-0.2, -0.15) is 0 Å². The average molecular weight is 160 g/mol. The molecule has 0 aromatic rings. The molecule has 0 aromatic heterocycles. The summed E-state index contributed by atoms with van der Waals surface area (Å²) in [4.78, 5) is 0. The van der Waals surface area contributed by atoms with Crippen molar-refractivity contribution in [2.75, 3.05) is 0 Å². The highest BCUT2D eigenvalue weighted by Crippen LogP contribution is 2.58. The number of hydrogen-bond acceptors (Lipinski definition) is 0. The van der Waals surface area contributed by atoms with Crippen LogP contribution < -0.4 is 0 Å². The quantitative estimate of drug-likeness (QED) is 0.478. The first-order valence-electron chi connectivity index (χ1n) is 5.06. The molecule has 0 N–H and O–H groups in total. The molecule has 0 radical (unpaired) electrons. The van der Waals surface area contributed by atoms with Crippen LogP contribution in [0.2, 0.25) is 0 Å². The van der Waals surface area contributed by atoms with Gasteiger partial charge in [0.25, 0.3) is 0 Å². The Kier molecular flexibility index (Phi) is 1.08. The molecule has 0 heteroatoms. The van der Waals surface area contributed by atoms with Crippen molar-refractivity contribution in [1.29, 1.82) is 0 Å². The van der Waals surface area contributed by atoms with Crippen molar-refractivity contribution in [1.82, 2.24) is 0 Å². The minimum absolute atomic E-state index is 0.467. The first kappa shape index (κ1) is 6.94. The second-order valence-corrected chi connectivity index (χ2v) is 5.23. The van der Waals surface area contributed by atoms with Crippen LogP contribution >= 0.6 is 0 Å². The van der Waals surface area contributed by atoms with Gasteiger partial charge in [0.1, 0.15) is 0 Å². The third kappa shape index (κ3) is 0.646. The van der Waals surface area contributed by atoms with Crippen LogP contribution in [0.15, 0.2) is 24.3 Å². The van der Waals surface area contributed by atoms with E-state index in [2.05, 4.69) is 38.2 Å². The van der Waals surface area contributed by atoms with Crippen molar-refractivity contribution in [3.63, 3.8) is 0 Å². The molecule has 64 valence electrons. The number of allylic oxidation sites excluding steroid dienone is 4. The van der Waals surface area contributed by atoms with Gasteiger partial charge in [-0.25, -0.2) is 0 Å². The maximum atomic E-state index is 2.47. The number of hydrogen-bond donors (Lipinski definition) is 0. The monoisotopic (exact) mass is 160 g/mol. The minimum Gasteiger partial charge on any atom is -0.0848 e. The molecule has 3 rings (SSSR count). The van der Waals surface area contributed by atoms with Gasteiger partial charge in [0, 0.05) is 0 Å². The Balaban J connectivity index is 2.04. The predicted octanol–water partition coefficient (Wildman–Crippen LogP) is 3.02. The van der Waals surface area contributed by atoms with E-state index in [-0.39, 0.29) is 0 Å². The Morgan fingerprint density at radius 3 is 2.58 bits per heavy atom. The standard InChI is InChI=1S/C12H16/c1-12(2)6-5-10-8-3-4-9(7-8)11(10)12/h3-6,8-11H,7H2,1-2H3/t8-,9-,10+,11-/m0/s1. The van der Waals surface area contributed by atoms with Crippen molar-refractivity contribution >= 4 is 0 Å². The molecule has 1 fully saturated rings. The molecular weight excluding hydrogens is 144 g/mol. The van der Waals surface area contributed by atoms with E-state index in [4.69, 9.17) is 0 Å². The van der Waals surface area contributed by atoms with Gasteiger partial charge in [-0.15, -0.1) is 0 Å². The van der Waals surface area contributed by atoms with Crippen molar-refractivity contribution < 1.29 is 0 Å². The highest BCUT2D eigenvalue weighted by molar-refractivity contribution is 5.26. The molecule has 3 aliphatic rings. The van der Waals surface area contributed by atoms with E-state index in [1.165, 1.54) is 6.42 Å². The summed E-state index contributed by atoms with van der Waals surface area (Å²) < 4.78 is 0. The lowest BCUT2D eigenvalue weighted by molar-refractivity contribution is 0.226. The van der Waals surface area contributed by atoms with Crippen LogP contribution in [0, 0.1) is 29.1 Å². The third-order valence-electron chi connectivity index (χ3n) is 4.13. The van der Waals surface area contributed by atoms with Gasteiger partial charge in [0.05, 0.1) is 0 Å². The molecule has 0 aromatic carbocycles. The van der Waals surface area contributed by atoms with Gasteiger partial charge in [0.15, 0.2) is 0 Å². The summed E-state index contributed by atoms with van der Waals surface area (Å²) in [7, 11) is 0. The molecule has 0 aliphatic heterocycles. The Labute approximate surface area is 74.4 Å². The number of fused-ring (bicyclic) bond motifs is 5. The molecular formula is C12H16. The maximum absolute atomic E-state index is 2.47. The molecule has 4 atom stereocenters. The zero-order valence-corrected chi connectivity index (χ0v) is 7.83. The van der Waals surface area contributed by atoms with E-state index in [1.807, 2.05) is 0 Å². The van der Waals surface area contributed by atoms with E-state index in [0.29, 0.717) is 5.41 Å². The first-order chi connectivity index (χ1) is 5.68. The molecule has 0 amide bonds. The Morgan fingerprint density at radius 1 is 1.08 bits per heavy atom. The van der Waals surface area contributed by atoms with E-state index in [0.717, 1.165) is 23.7 Å². The molecule has 0 unspecified atom stereocenters. The van der Waals surface area contributed by atoms with Crippen LogP contribution in [0.5, 0.6) is 0 Å². The van der Waals surface area contributed by atoms with Crippen molar-refractivity contribution in [3.8, 4) is 0 Å². The molecule has 0 spiro atoms. The molecule has 1 saturated carbocycles. The Morgan fingerprint density at radius 2 is 1.83 bits per heavy atom. The van der Waals surface area contributed by atoms with E-state index in [9.17, 15) is 0 Å². The average Bonchev–Trinajstić information content (AvgIpc) is 2.61. The lowest BCUT2D eigenvalue weighted by Gasteiger charge is -2.32. The van der Waals surface area contributed by atoms with Crippen LogP contribution in [0.25, 0.3) is 0 Å². The number of rotatable bonds is 0. The third-order valence-corrected chi connectivity index (χ3v) is 4.13. The van der Waals surface area contributed by atoms with Crippen LogP contribution in [0.1, 0.15) is 20.3 Å². The summed E-state index contributed by atoms with van der Waals surface area (Å²) in [6.07, 6.45) is 11.2. The van der Waals surface area contributed by atoms with Crippen molar-refractivity contribution in [2.45, 2.75) is 20.3 Å². The fourth-order valence-corrected chi connectivity index (χ4v) is 3.64. The SMILES string of the molecule is CC1(C)C=C[C@H]2[C@@H]1[C@H]1C=C[C@H]2C1. The van der Waals surface area contributed by atoms with Crippen molar-refractivity contribution in [3.05, 3.63) is 24.3 Å². The Bertz CT molecular complexity index is 270. The summed E-state index contributed by atoms with van der Waals surface area (Å²) >= 11 is 0. The summed E-state index contributed by atoms with van der Waals surface area (Å²) in [5.74, 6) is 3.59. The van der Waals surface area contributed by atoms with E-state index in [1.54, 1.807) is 0 Å². The van der Waals surface area contributed by atoms with E-state index >= 15 is 0 Å². The molecule has 0 heterocycles. The fourth-order valence-electron chi connectivity index (χ4n) is 3.64. The van der Waals surface area contributed by atoms with Gasteiger partial charge in [-0.3, -0.25) is 0 Å². The van der Waals surface area contributed by atoms with E-state index < -0.39 is 0 Å². The van der Waals surface area contributed by atoms with Crippen LogP contribution in [-0.4, -0.2) is 0 Å². The van der Waals surface area contributed by atoms with Gasteiger partial charge >= 0.3 is 0 Å². The van der Waals surface area contributed by atoms with Crippen LogP contribution in [-0.2, 0) is 0 Å². The summed E-state index contributed by atoms with van der Waals surface area (Å²) in [5.41, 5.74) is 0.467. The normalized spacial score (nSPS) is 51.8. The van der Waals surface area contributed by atoms with Crippen LogP contribution in [0.3, 0.4) is 0 Å². The van der Waals surface area contributed by atoms with Gasteiger partial charge in [-0.1, -0.05) is 38.2 Å². The molecule has 12 heavy (non-hydrogen) atoms. The highest BCUT2D eigenvalue weighted by Gasteiger charge is 2.51. The second kappa shape index (κ2) is 1.86. The lowest BCUT2D eigenvalue weighted by atomic mass is 9.72. The zero-order valence-electron chi connectivity index (χ0n) is 7.83. The molecule has 2 bridgehead atoms. The van der Waals surface area contributed by atoms with Crippen LogP contribution in [0.4, 0.5) is 0 Å². The topological polar surface area (TPSA) is 0 Å². The van der Waals surface area contributed by atoms with Gasteiger partial charge in [-0.05, 0) is 35.5 Å². The lowest BCUT2D eigenvalue weighted by Crippen LogP contribution is -2.26. The minimum atomic E-state index is 0.467. The van der Waals surface area contributed by atoms with Gasteiger partial charge < -0.3 is 0 Å². The smallest absolute Gasteiger partial charge is 0.0128 e. The summed E-state index contributed by atoms with van der Waals surface area (Å²) in [6, 6.07) is 0. The summed E-state index contributed by atoms with van der Waals surface area (Å²) in [6.45, 7) is 4.78. The van der Waals surface area contributed by atoms with Crippen molar-refractivity contribution in [2.24, 2.45) is 29.1 Å². The zero-order chi connectivity index (χ0) is 8.34. The first-order valence-corrected chi connectivity index (χ1v) is 5.06.